The molecule has 0 amide bonds. The van der Waals surface area contributed by atoms with E-state index >= 15 is 0 Å². The number of rotatable bonds is 3. The maximum absolute atomic E-state index is 8.02. The van der Waals surface area contributed by atoms with Gasteiger partial charge in [0.2, 0.25) is 0 Å². The van der Waals surface area contributed by atoms with Crippen LogP contribution in [0.25, 0.3) is 44.5 Å². The minimum atomic E-state index is 0. The number of hydrogen-bond acceptors (Lipinski definition) is 3. The molecule has 0 fully saturated rings. The maximum atomic E-state index is 8.02. The van der Waals surface area contributed by atoms with Gasteiger partial charge < -0.3 is 14.4 Å². The van der Waals surface area contributed by atoms with Gasteiger partial charge >= 0.3 is 0 Å². The fourth-order valence-corrected chi connectivity index (χ4v) is 4.25. The predicted molar refractivity (Wildman–Crippen MR) is 153 cm³/mol. The molecule has 0 unspecified atom stereocenters. The summed E-state index contributed by atoms with van der Waals surface area (Å²) in [4.78, 5) is 8.68. The van der Waals surface area contributed by atoms with Gasteiger partial charge in [-0.15, -0.1) is 52.6 Å². The van der Waals surface area contributed by atoms with Crippen LogP contribution in [-0.2, 0) is 20.1 Å². The summed E-state index contributed by atoms with van der Waals surface area (Å²) in [6, 6.07) is 26.6. The largest absolute Gasteiger partial charge is 0.477 e. The van der Waals surface area contributed by atoms with Crippen molar-refractivity contribution in [2.45, 2.75) is 40.5 Å². The number of nitrogens with zero attached hydrogens (tertiary/aromatic N) is 2. The first-order chi connectivity index (χ1) is 18.7. The molecular formula is C34H30IrN2O-2. The second-order valence-electron chi connectivity index (χ2n) is 9.58. The second-order valence-corrected chi connectivity index (χ2v) is 9.58. The monoisotopic (exact) mass is 677 g/mol. The summed E-state index contributed by atoms with van der Waals surface area (Å²) in [5, 5.41) is 2.10. The van der Waals surface area contributed by atoms with Gasteiger partial charge in [-0.25, -0.2) is 0 Å². The average molecular weight is 677 g/mol. The van der Waals surface area contributed by atoms with Crippen LogP contribution in [0.3, 0.4) is 0 Å². The summed E-state index contributed by atoms with van der Waals surface area (Å²) < 4.78 is 21.6. The van der Waals surface area contributed by atoms with Crippen LogP contribution in [-0.4, -0.2) is 9.97 Å². The van der Waals surface area contributed by atoms with E-state index in [-0.39, 0.29) is 32.2 Å². The van der Waals surface area contributed by atoms with Crippen molar-refractivity contribution in [2.75, 3.05) is 0 Å². The van der Waals surface area contributed by atoms with Gasteiger partial charge in [0.1, 0.15) is 5.58 Å². The predicted octanol–water partition coefficient (Wildman–Crippen LogP) is 9.04. The van der Waals surface area contributed by atoms with Crippen molar-refractivity contribution in [3.63, 3.8) is 0 Å². The molecule has 0 spiro atoms. The van der Waals surface area contributed by atoms with Crippen molar-refractivity contribution in [3.05, 3.63) is 120 Å². The average Bonchev–Trinajstić information content (AvgIpc) is 3.31. The number of fused-ring (bicyclic) bond motifs is 3. The fourth-order valence-electron chi connectivity index (χ4n) is 4.25. The summed E-state index contributed by atoms with van der Waals surface area (Å²) in [6.07, 6.45) is 3.47. The van der Waals surface area contributed by atoms with Crippen molar-refractivity contribution >= 4 is 21.9 Å². The molecule has 0 saturated heterocycles. The first kappa shape index (κ1) is 24.7. The van der Waals surface area contributed by atoms with Gasteiger partial charge in [0.15, 0.2) is 0 Å². The van der Waals surface area contributed by atoms with Crippen molar-refractivity contribution in [3.8, 4) is 22.5 Å². The number of pyridine rings is 2. The van der Waals surface area contributed by atoms with Crippen LogP contribution < -0.4 is 0 Å². The fraction of sp³-hybridized carbons (Fsp3) is 0.176. The maximum Gasteiger partial charge on any atom is 0.123 e. The molecule has 1 radical (unpaired) electrons. The first-order valence-corrected chi connectivity index (χ1v) is 12.4. The van der Waals surface area contributed by atoms with E-state index in [0.29, 0.717) is 22.8 Å². The third-order valence-electron chi connectivity index (χ3n) is 6.56. The molecule has 0 aliphatic rings. The Morgan fingerprint density at radius 1 is 0.868 bits per heavy atom. The third kappa shape index (κ3) is 5.77. The molecule has 0 aliphatic carbocycles. The topological polar surface area (TPSA) is 38.9 Å². The summed E-state index contributed by atoms with van der Waals surface area (Å²) in [5.74, 6) is 0.549. The van der Waals surface area contributed by atoms with Crippen LogP contribution in [0.15, 0.2) is 89.6 Å². The molecule has 3 nitrogen and oxygen atoms in total. The van der Waals surface area contributed by atoms with Gasteiger partial charge in [0.25, 0.3) is 0 Å². The number of para-hydroxylation sites is 1. The molecular weight excluding hydrogens is 645 g/mol. The van der Waals surface area contributed by atoms with E-state index in [4.69, 9.17) is 7.16 Å². The van der Waals surface area contributed by atoms with E-state index < -0.39 is 0 Å². The second kappa shape index (κ2) is 11.9. The van der Waals surface area contributed by atoms with Crippen LogP contribution in [0.4, 0.5) is 0 Å². The molecule has 0 atom stereocenters. The molecule has 4 heteroatoms. The number of furan rings is 1. The number of aryl methyl sites for hydroxylation is 3. The van der Waals surface area contributed by atoms with E-state index in [1.54, 1.807) is 6.20 Å². The van der Waals surface area contributed by atoms with E-state index in [1.165, 1.54) is 22.8 Å². The molecule has 0 bridgehead atoms. The zero-order chi connectivity index (χ0) is 27.7. The molecule has 6 rings (SSSR count). The smallest absolute Gasteiger partial charge is 0.123 e. The van der Waals surface area contributed by atoms with Crippen molar-refractivity contribution in [2.24, 2.45) is 0 Å². The van der Waals surface area contributed by atoms with E-state index in [9.17, 15) is 0 Å². The summed E-state index contributed by atoms with van der Waals surface area (Å²) in [7, 11) is 0. The summed E-state index contributed by atoms with van der Waals surface area (Å²) >= 11 is 0. The molecule has 3 aromatic carbocycles. The van der Waals surface area contributed by atoms with Gasteiger partial charge in [-0.1, -0.05) is 80.1 Å². The quantitative estimate of drug-likeness (QED) is 0.176. The molecule has 193 valence electrons. The number of hydrogen-bond donors (Lipinski definition) is 0. The van der Waals surface area contributed by atoms with Crippen LogP contribution >= 0.6 is 0 Å². The Labute approximate surface area is 241 Å². The zero-order valence-electron chi connectivity index (χ0n) is 24.1. The molecule has 6 aromatic rings. The minimum Gasteiger partial charge on any atom is -0.477 e. The third-order valence-corrected chi connectivity index (χ3v) is 6.56. The van der Waals surface area contributed by atoms with Crippen LogP contribution in [0.5, 0.6) is 0 Å². The SMILES string of the molecule is Cc1cnc(-c2[c-]cc(C(C)C)cc2)cc1C.[2H]c1ccnc(-c2[c-]c3oc4ccccc4c3c(C)c2)c1[2H].[Ir]. The molecule has 0 N–H and O–H groups in total. The normalized spacial score (nSPS) is 11.5. The Balaban J connectivity index is 0.000000187. The van der Waals surface area contributed by atoms with Gasteiger partial charge in [-0.05, 0) is 48.3 Å². The summed E-state index contributed by atoms with van der Waals surface area (Å²) in [6.45, 7) is 10.6. The van der Waals surface area contributed by atoms with Crippen molar-refractivity contribution in [1.82, 2.24) is 9.97 Å². The Bertz CT molecular complexity index is 1790. The number of aromatic nitrogens is 2. The van der Waals surface area contributed by atoms with Gasteiger partial charge in [-0.3, -0.25) is 0 Å². The van der Waals surface area contributed by atoms with Crippen molar-refractivity contribution < 1.29 is 27.3 Å². The van der Waals surface area contributed by atoms with Gasteiger partial charge in [0.05, 0.1) is 8.32 Å². The Hall–Kier alpha value is -3.59. The van der Waals surface area contributed by atoms with Crippen LogP contribution in [0, 0.1) is 32.9 Å². The van der Waals surface area contributed by atoms with Crippen LogP contribution in [0.1, 0.15) is 44.8 Å². The van der Waals surface area contributed by atoms with Gasteiger partial charge in [-0.2, -0.15) is 0 Å². The standard InChI is InChI=1S/C18H12NO.C16H18N.Ir/c1-12-10-13(15-7-4-5-9-19-15)11-17-18(12)14-6-2-3-8-16(14)20-17;1-11(2)14-5-7-15(8-6-14)16-9-12(3)13(4)10-17-16;/h2-10H,1H3;5-7,9-11H,1-4H3;/q2*-1;/i4D,7D;;. The zero-order valence-corrected chi connectivity index (χ0v) is 24.5. The van der Waals surface area contributed by atoms with Gasteiger partial charge in [0, 0.05) is 32.5 Å². The Morgan fingerprint density at radius 2 is 1.68 bits per heavy atom. The Kier molecular flexibility index (Phi) is 7.71. The minimum absolute atomic E-state index is 0. The molecule has 3 heterocycles. The Morgan fingerprint density at radius 3 is 2.42 bits per heavy atom. The molecule has 0 saturated carbocycles. The van der Waals surface area contributed by atoms with Crippen molar-refractivity contribution in [1.29, 1.82) is 0 Å². The first-order valence-electron chi connectivity index (χ1n) is 13.4. The van der Waals surface area contributed by atoms with Crippen LogP contribution in [0.2, 0.25) is 0 Å². The van der Waals surface area contributed by atoms with E-state index in [1.807, 2.05) is 43.5 Å². The van der Waals surface area contributed by atoms with E-state index in [2.05, 4.69) is 74.1 Å². The molecule has 0 aliphatic heterocycles. The number of benzene rings is 3. The summed E-state index contributed by atoms with van der Waals surface area (Å²) in [5.41, 5.74) is 9.56. The molecule has 3 aromatic heterocycles. The van der Waals surface area contributed by atoms with E-state index in [0.717, 1.165) is 33.2 Å². The molecule has 38 heavy (non-hydrogen) atoms.